The van der Waals surface area contributed by atoms with Crippen LogP contribution in [0.25, 0.3) is 0 Å². The van der Waals surface area contributed by atoms with E-state index in [9.17, 15) is 9.90 Å². The normalized spacial score (nSPS) is 12.5. The zero-order valence-electron chi connectivity index (χ0n) is 13.3. The summed E-state index contributed by atoms with van der Waals surface area (Å²) in [6.07, 6.45) is -0.701. The quantitative estimate of drug-likeness (QED) is 0.834. The minimum Gasteiger partial charge on any atom is -0.496 e. The van der Waals surface area contributed by atoms with Crippen LogP contribution in [0.4, 0.5) is 0 Å². The van der Waals surface area contributed by atoms with Crippen LogP contribution in [0.2, 0.25) is 0 Å². The third kappa shape index (κ3) is 3.78. The maximum absolute atomic E-state index is 12.4. The lowest BCUT2D eigenvalue weighted by molar-refractivity contribution is 0.0706. The molecule has 0 aromatic heterocycles. The molecule has 0 fully saturated rings. The van der Waals surface area contributed by atoms with Crippen LogP contribution in [-0.4, -0.2) is 44.0 Å². The fourth-order valence-corrected chi connectivity index (χ4v) is 1.67. The van der Waals surface area contributed by atoms with E-state index in [1.807, 2.05) is 0 Å². The second-order valence-electron chi connectivity index (χ2n) is 5.26. The van der Waals surface area contributed by atoms with E-state index in [-0.39, 0.29) is 5.91 Å². The second kappa shape index (κ2) is 6.67. The standard InChI is InChI=1S/C15H23NO5/c1-9(17)15(2,3)16-14(18)10-7-12(20-5)13(21-6)8-11(10)19-4/h7-9,17H,1-6H3,(H,16,18). The van der Waals surface area contributed by atoms with Crippen molar-refractivity contribution < 1.29 is 24.1 Å². The molecule has 21 heavy (non-hydrogen) atoms. The van der Waals surface area contributed by atoms with Gasteiger partial charge in [0.1, 0.15) is 5.75 Å². The molecule has 0 radical (unpaired) electrons. The van der Waals surface area contributed by atoms with E-state index in [1.165, 1.54) is 21.3 Å². The number of amides is 1. The summed E-state index contributed by atoms with van der Waals surface area (Å²) < 4.78 is 15.6. The Bertz CT molecular complexity index is 511. The van der Waals surface area contributed by atoms with Crippen LogP contribution >= 0.6 is 0 Å². The molecule has 2 N–H and O–H groups in total. The van der Waals surface area contributed by atoms with E-state index in [4.69, 9.17) is 14.2 Å². The number of carbonyl (C=O) groups excluding carboxylic acids is 1. The van der Waals surface area contributed by atoms with Gasteiger partial charge in [-0.2, -0.15) is 0 Å². The number of carbonyl (C=O) groups is 1. The lowest BCUT2D eigenvalue weighted by atomic mass is 9.98. The van der Waals surface area contributed by atoms with Crippen LogP contribution in [-0.2, 0) is 0 Å². The Morgan fingerprint density at radius 3 is 2.00 bits per heavy atom. The van der Waals surface area contributed by atoms with Gasteiger partial charge in [-0.15, -0.1) is 0 Å². The molecule has 6 nitrogen and oxygen atoms in total. The Morgan fingerprint density at radius 2 is 1.57 bits per heavy atom. The summed E-state index contributed by atoms with van der Waals surface area (Å²) in [5, 5.41) is 12.5. The molecule has 1 aromatic carbocycles. The number of nitrogens with one attached hydrogen (secondary N) is 1. The molecule has 0 spiro atoms. The summed E-state index contributed by atoms with van der Waals surface area (Å²) in [5.41, 5.74) is -0.459. The monoisotopic (exact) mass is 297 g/mol. The lowest BCUT2D eigenvalue weighted by Gasteiger charge is -2.29. The van der Waals surface area contributed by atoms with Crippen molar-refractivity contribution in [2.24, 2.45) is 0 Å². The number of aliphatic hydroxyl groups is 1. The number of aliphatic hydroxyl groups excluding tert-OH is 1. The van der Waals surface area contributed by atoms with Crippen molar-refractivity contribution in [1.29, 1.82) is 0 Å². The smallest absolute Gasteiger partial charge is 0.255 e. The van der Waals surface area contributed by atoms with Gasteiger partial charge in [-0.1, -0.05) is 0 Å². The predicted octanol–water partition coefficient (Wildman–Crippen LogP) is 1.60. The summed E-state index contributed by atoms with van der Waals surface area (Å²) in [4.78, 5) is 12.4. The Hall–Kier alpha value is -1.95. The van der Waals surface area contributed by atoms with Crippen molar-refractivity contribution in [1.82, 2.24) is 5.32 Å². The van der Waals surface area contributed by atoms with Crippen LogP contribution in [0.15, 0.2) is 12.1 Å². The molecule has 0 aliphatic heterocycles. The molecular formula is C15H23NO5. The Labute approximate surface area is 125 Å². The highest BCUT2D eigenvalue weighted by Gasteiger charge is 2.28. The average molecular weight is 297 g/mol. The molecule has 1 unspecified atom stereocenters. The number of rotatable bonds is 6. The topological polar surface area (TPSA) is 77.0 Å². The average Bonchev–Trinajstić information content (AvgIpc) is 2.44. The number of hydrogen-bond acceptors (Lipinski definition) is 5. The fraction of sp³-hybridized carbons (Fsp3) is 0.533. The van der Waals surface area contributed by atoms with Crippen LogP contribution in [0.5, 0.6) is 17.2 Å². The number of methoxy groups -OCH3 is 3. The number of ether oxygens (including phenoxy) is 3. The summed E-state index contributed by atoms with van der Waals surface area (Å²) >= 11 is 0. The maximum Gasteiger partial charge on any atom is 0.255 e. The molecule has 0 saturated carbocycles. The molecule has 0 aliphatic rings. The fourth-order valence-electron chi connectivity index (χ4n) is 1.67. The van der Waals surface area contributed by atoms with Gasteiger partial charge in [-0.3, -0.25) is 4.79 Å². The lowest BCUT2D eigenvalue weighted by Crippen LogP contribution is -2.51. The van der Waals surface area contributed by atoms with Gasteiger partial charge in [0, 0.05) is 12.1 Å². The van der Waals surface area contributed by atoms with E-state index in [0.717, 1.165) is 0 Å². The van der Waals surface area contributed by atoms with Gasteiger partial charge < -0.3 is 24.6 Å². The molecule has 0 aliphatic carbocycles. The third-order valence-electron chi connectivity index (χ3n) is 3.43. The van der Waals surface area contributed by atoms with E-state index < -0.39 is 11.6 Å². The molecule has 0 heterocycles. The van der Waals surface area contributed by atoms with Gasteiger partial charge in [-0.25, -0.2) is 0 Å². The first-order valence-corrected chi connectivity index (χ1v) is 6.57. The minimum absolute atomic E-state index is 0.309. The predicted molar refractivity (Wildman–Crippen MR) is 79.3 cm³/mol. The largest absolute Gasteiger partial charge is 0.496 e. The first kappa shape index (κ1) is 17.1. The highest BCUT2D eigenvalue weighted by molar-refractivity contribution is 5.98. The first-order valence-electron chi connectivity index (χ1n) is 6.57. The third-order valence-corrected chi connectivity index (χ3v) is 3.43. The maximum atomic E-state index is 12.4. The number of hydrogen-bond donors (Lipinski definition) is 2. The Balaban J connectivity index is 3.20. The summed E-state index contributed by atoms with van der Waals surface area (Å²) in [5.74, 6) is 0.907. The van der Waals surface area contributed by atoms with Crippen LogP contribution in [0, 0.1) is 0 Å². The van der Waals surface area contributed by atoms with Gasteiger partial charge in [0.2, 0.25) is 0 Å². The van der Waals surface area contributed by atoms with Crippen molar-refractivity contribution >= 4 is 5.91 Å². The van der Waals surface area contributed by atoms with Crippen LogP contribution in [0.3, 0.4) is 0 Å². The molecule has 1 aromatic rings. The van der Waals surface area contributed by atoms with E-state index in [1.54, 1.807) is 32.9 Å². The van der Waals surface area contributed by atoms with Gasteiger partial charge in [0.15, 0.2) is 11.5 Å². The van der Waals surface area contributed by atoms with Crippen molar-refractivity contribution in [3.8, 4) is 17.2 Å². The highest BCUT2D eigenvalue weighted by atomic mass is 16.5. The summed E-state index contributed by atoms with van der Waals surface area (Å²) in [7, 11) is 4.47. The molecule has 118 valence electrons. The molecular weight excluding hydrogens is 274 g/mol. The van der Waals surface area contributed by atoms with E-state index in [0.29, 0.717) is 22.8 Å². The Morgan fingerprint density at radius 1 is 1.10 bits per heavy atom. The van der Waals surface area contributed by atoms with Crippen molar-refractivity contribution in [2.75, 3.05) is 21.3 Å². The summed E-state index contributed by atoms with van der Waals surface area (Å²) in [6.45, 7) is 5.09. The molecule has 6 heteroatoms. The minimum atomic E-state index is -0.769. The zero-order valence-corrected chi connectivity index (χ0v) is 13.3. The van der Waals surface area contributed by atoms with Crippen LogP contribution < -0.4 is 19.5 Å². The van der Waals surface area contributed by atoms with Gasteiger partial charge >= 0.3 is 0 Å². The van der Waals surface area contributed by atoms with Crippen LogP contribution in [0.1, 0.15) is 31.1 Å². The van der Waals surface area contributed by atoms with Crippen molar-refractivity contribution in [3.63, 3.8) is 0 Å². The van der Waals surface area contributed by atoms with E-state index >= 15 is 0 Å². The van der Waals surface area contributed by atoms with Crippen molar-refractivity contribution in [2.45, 2.75) is 32.4 Å². The molecule has 1 amide bonds. The van der Waals surface area contributed by atoms with Gasteiger partial charge in [-0.05, 0) is 20.8 Å². The van der Waals surface area contributed by atoms with Gasteiger partial charge in [0.25, 0.3) is 5.91 Å². The second-order valence-corrected chi connectivity index (χ2v) is 5.26. The molecule has 0 bridgehead atoms. The molecule has 1 atom stereocenters. The SMILES string of the molecule is COc1cc(OC)c(C(=O)NC(C)(C)C(C)O)cc1OC. The van der Waals surface area contributed by atoms with Crippen molar-refractivity contribution in [3.05, 3.63) is 17.7 Å². The highest BCUT2D eigenvalue weighted by Crippen LogP contribution is 2.34. The molecule has 0 saturated heterocycles. The Kier molecular flexibility index (Phi) is 5.43. The number of benzene rings is 1. The van der Waals surface area contributed by atoms with E-state index in [2.05, 4.69) is 5.32 Å². The van der Waals surface area contributed by atoms with Gasteiger partial charge in [0.05, 0.1) is 38.5 Å². The zero-order chi connectivity index (χ0) is 16.2. The molecule has 1 rings (SSSR count). The first-order chi connectivity index (χ1) is 9.76. The summed E-state index contributed by atoms with van der Waals surface area (Å²) in [6, 6.07) is 3.13.